The third-order valence-electron chi connectivity index (χ3n) is 6.99. The number of urea groups is 1. The first kappa shape index (κ1) is 27.2. The Morgan fingerprint density at radius 2 is 1.88 bits per heavy atom. The number of amides is 2. The second kappa shape index (κ2) is 11.1. The Hall–Kier alpha value is -5.03. The minimum atomic E-state index is -0.640. The van der Waals surface area contributed by atoms with Crippen LogP contribution in [0, 0.1) is 5.82 Å². The molecule has 10 nitrogen and oxygen atoms in total. The van der Waals surface area contributed by atoms with Crippen LogP contribution in [-0.2, 0) is 18.4 Å². The Morgan fingerprint density at radius 1 is 1.02 bits per heavy atom. The number of nitrogens with one attached hydrogen (secondary N) is 4. The lowest BCUT2D eigenvalue weighted by Crippen LogP contribution is -2.24. The number of anilines is 2. The molecule has 3 aromatic heterocycles. The van der Waals surface area contributed by atoms with E-state index in [0.29, 0.717) is 17.3 Å². The van der Waals surface area contributed by atoms with Crippen molar-refractivity contribution in [1.82, 2.24) is 30.3 Å². The van der Waals surface area contributed by atoms with Gasteiger partial charge in [-0.1, -0.05) is 26.8 Å². The summed E-state index contributed by atoms with van der Waals surface area (Å²) in [7, 11) is 0. The minimum Gasteiger partial charge on any atom is -0.457 e. The first-order chi connectivity index (χ1) is 20.2. The Kier molecular flexibility index (Phi) is 7.17. The third-order valence-corrected chi connectivity index (χ3v) is 6.99. The van der Waals surface area contributed by atoms with Crippen LogP contribution in [0.15, 0.2) is 73.2 Å². The van der Waals surface area contributed by atoms with Crippen molar-refractivity contribution < 1.29 is 13.9 Å². The molecule has 0 saturated heterocycles. The lowest BCUT2D eigenvalue weighted by Gasteiger charge is -2.18. The van der Waals surface area contributed by atoms with E-state index in [1.165, 1.54) is 23.3 Å². The summed E-state index contributed by atoms with van der Waals surface area (Å²) in [6.07, 6.45) is 5.90. The molecule has 0 spiro atoms. The van der Waals surface area contributed by atoms with Gasteiger partial charge in [0.15, 0.2) is 0 Å². The van der Waals surface area contributed by atoms with Gasteiger partial charge in [-0.2, -0.15) is 10.2 Å². The molecule has 11 heteroatoms. The van der Waals surface area contributed by atoms with Gasteiger partial charge >= 0.3 is 6.03 Å². The van der Waals surface area contributed by atoms with Gasteiger partial charge in [0.1, 0.15) is 23.1 Å². The molecule has 0 bridgehead atoms. The molecule has 4 heterocycles. The van der Waals surface area contributed by atoms with Crippen LogP contribution in [0.3, 0.4) is 0 Å². The lowest BCUT2D eigenvalue weighted by molar-refractivity contribution is 0.262. The van der Waals surface area contributed by atoms with E-state index < -0.39 is 11.8 Å². The quantitative estimate of drug-likeness (QED) is 0.195. The fourth-order valence-corrected chi connectivity index (χ4v) is 4.72. The number of nitrogens with zero attached hydrogens (tertiary/aromatic N) is 4. The number of hydrogen-bond donors (Lipinski definition) is 4. The zero-order valence-electron chi connectivity index (χ0n) is 23.5. The summed E-state index contributed by atoms with van der Waals surface area (Å²) in [5, 5.41) is 20.3. The van der Waals surface area contributed by atoms with E-state index in [-0.39, 0.29) is 16.9 Å². The van der Waals surface area contributed by atoms with E-state index in [1.54, 1.807) is 41.5 Å². The number of carbonyl (C=O) groups is 1. The van der Waals surface area contributed by atoms with Crippen LogP contribution in [0.2, 0.25) is 0 Å². The zero-order valence-corrected chi connectivity index (χ0v) is 23.5. The minimum absolute atomic E-state index is 0.0112. The lowest BCUT2D eigenvalue weighted by atomic mass is 9.92. The highest BCUT2D eigenvalue weighted by molar-refractivity contribution is 5.99. The number of rotatable bonds is 6. The second-order valence-electron chi connectivity index (χ2n) is 11.1. The SMILES string of the molecule is CC(C)(C)c1cc(NC(=O)Nc2ccc(Oc3ccnc(-c4cn[nH]c4)c3)cc2F)n(-c2ccc3c(c2)CCNC3)n1. The zero-order chi connectivity index (χ0) is 29.3. The highest BCUT2D eigenvalue weighted by atomic mass is 19.1. The van der Waals surface area contributed by atoms with Gasteiger partial charge in [-0.3, -0.25) is 15.4 Å². The first-order valence-electron chi connectivity index (χ1n) is 13.7. The van der Waals surface area contributed by atoms with Crippen molar-refractivity contribution in [2.45, 2.75) is 39.2 Å². The molecule has 1 aliphatic rings. The molecule has 5 aromatic rings. The average Bonchev–Trinajstić information content (AvgIpc) is 3.65. The number of benzene rings is 2. The highest BCUT2D eigenvalue weighted by Crippen LogP contribution is 2.30. The number of aromatic nitrogens is 5. The van der Waals surface area contributed by atoms with Crippen molar-refractivity contribution in [3.63, 3.8) is 0 Å². The van der Waals surface area contributed by atoms with Gasteiger partial charge in [0, 0.05) is 48.1 Å². The number of ether oxygens (including phenoxy) is 1. The summed E-state index contributed by atoms with van der Waals surface area (Å²) in [5.41, 5.74) is 5.41. The molecular formula is C31H31FN8O2. The fourth-order valence-electron chi connectivity index (χ4n) is 4.72. The average molecular weight is 567 g/mol. The summed E-state index contributed by atoms with van der Waals surface area (Å²) < 4.78 is 22.6. The summed E-state index contributed by atoms with van der Waals surface area (Å²) in [4.78, 5) is 17.4. The van der Waals surface area contributed by atoms with Gasteiger partial charge in [-0.05, 0) is 54.4 Å². The van der Waals surface area contributed by atoms with Crippen LogP contribution < -0.4 is 20.7 Å². The number of pyridine rings is 1. The van der Waals surface area contributed by atoms with Crippen molar-refractivity contribution in [3.05, 3.63) is 95.8 Å². The molecule has 0 fully saturated rings. The van der Waals surface area contributed by atoms with Gasteiger partial charge in [0.2, 0.25) is 0 Å². The van der Waals surface area contributed by atoms with Gasteiger partial charge in [0.05, 0.1) is 29.0 Å². The number of hydrogen-bond acceptors (Lipinski definition) is 6. The standard InChI is InChI=1S/C31H31FN8O2/c1-31(2,3)28-15-29(40(39-28)22-5-4-20-16-33-10-8-19(20)12-22)38-30(41)37-26-7-6-23(13-25(26)32)42-24-9-11-34-27(14-24)21-17-35-36-18-21/h4-7,9,11-15,17-18,33H,8,10,16H2,1-3H3,(H,35,36)(H2,37,38,41). The Morgan fingerprint density at radius 3 is 2.67 bits per heavy atom. The molecule has 214 valence electrons. The smallest absolute Gasteiger partial charge is 0.324 e. The summed E-state index contributed by atoms with van der Waals surface area (Å²) in [5.74, 6) is 0.607. The molecule has 0 unspecified atom stereocenters. The molecule has 4 N–H and O–H groups in total. The van der Waals surface area contributed by atoms with Crippen molar-refractivity contribution in [3.8, 4) is 28.4 Å². The first-order valence-corrected chi connectivity index (χ1v) is 13.7. The number of H-pyrrole nitrogens is 1. The van der Waals surface area contributed by atoms with Crippen molar-refractivity contribution in [1.29, 1.82) is 0 Å². The van der Waals surface area contributed by atoms with Crippen LogP contribution in [-0.4, -0.2) is 37.5 Å². The molecular weight excluding hydrogens is 535 g/mol. The topological polar surface area (TPSA) is 122 Å². The van der Waals surface area contributed by atoms with E-state index in [1.807, 2.05) is 12.1 Å². The fraction of sp³-hybridized carbons (Fsp3) is 0.226. The van der Waals surface area contributed by atoms with Crippen molar-refractivity contribution in [2.75, 3.05) is 17.2 Å². The second-order valence-corrected chi connectivity index (χ2v) is 11.1. The van der Waals surface area contributed by atoms with Crippen LogP contribution in [0.25, 0.3) is 16.9 Å². The number of aromatic amines is 1. The van der Waals surface area contributed by atoms with E-state index in [0.717, 1.165) is 36.5 Å². The molecule has 1 aliphatic heterocycles. The summed E-state index contributed by atoms with van der Waals surface area (Å²) >= 11 is 0. The van der Waals surface area contributed by atoms with E-state index >= 15 is 4.39 Å². The molecule has 2 aromatic carbocycles. The van der Waals surface area contributed by atoms with Crippen molar-refractivity contribution in [2.24, 2.45) is 0 Å². The van der Waals surface area contributed by atoms with E-state index in [4.69, 9.17) is 9.84 Å². The highest BCUT2D eigenvalue weighted by Gasteiger charge is 2.22. The Bertz CT molecular complexity index is 1740. The number of fused-ring (bicyclic) bond motifs is 1. The van der Waals surface area contributed by atoms with Gasteiger partial charge < -0.3 is 15.4 Å². The van der Waals surface area contributed by atoms with Crippen LogP contribution in [0.4, 0.5) is 20.7 Å². The molecule has 42 heavy (non-hydrogen) atoms. The van der Waals surface area contributed by atoms with Crippen molar-refractivity contribution >= 4 is 17.5 Å². The summed E-state index contributed by atoms with van der Waals surface area (Å²) in [6.45, 7) is 7.93. The molecule has 0 radical (unpaired) electrons. The summed E-state index contributed by atoms with van der Waals surface area (Å²) in [6, 6.07) is 15.1. The predicted molar refractivity (Wildman–Crippen MR) is 159 cm³/mol. The molecule has 6 rings (SSSR count). The largest absolute Gasteiger partial charge is 0.457 e. The Labute approximate surface area is 242 Å². The Balaban J connectivity index is 1.18. The molecule has 0 saturated carbocycles. The van der Waals surface area contributed by atoms with Gasteiger partial charge in [-0.15, -0.1) is 0 Å². The van der Waals surface area contributed by atoms with Gasteiger partial charge in [0.25, 0.3) is 0 Å². The normalized spacial score (nSPS) is 13.0. The maximum atomic E-state index is 15.0. The van der Waals surface area contributed by atoms with Gasteiger partial charge in [-0.25, -0.2) is 13.9 Å². The number of halogens is 1. The molecule has 2 amide bonds. The predicted octanol–water partition coefficient (Wildman–Crippen LogP) is 6.18. The maximum Gasteiger partial charge on any atom is 0.324 e. The van der Waals surface area contributed by atoms with Crippen LogP contribution >= 0.6 is 0 Å². The monoisotopic (exact) mass is 566 g/mol. The maximum absolute atomic E-state index is 15.0. The van der Waals surface area contributed by atoms with E-state index in [2.05, 4.69) is 64.0 Å². The van der Waals surface area contributed by atoms with Crippen LogP contribution in [0.5, 0.6) is 11.5 Å². The third kappa shape index (κ3) is 5.86. The van der Waals surface area contributed by atoms with E-state index in [9.17, 15) is 4.79 Å². The number of carbonyl (C=O) groups excluding carboxylic acids is 1. The molecule has 0 atom stereocenters. The molecule has 0 aliphatic carbocycles. The van der Waals surface area contributed by atoms with Crippen LogP contribution in [0.1, 0.15) is 37.6 Å².